The zero-order valence-corrected chi connectivity index (χ0v) is 14.4. The number of nitrogens with zero attached hydrogens (tertiary/aromatic N) is 2. The lowest BCUT2D eigenvalue weighted by atomic mass is 10.1. The SMILES string of the molecule is CNC(=O)C1CC(=O)N(c2ccc(OCc3cccc(C#N)c3)cc2)C1. The Hall–Kier alpha value is -3.33. The Labute approximate surface area is 152 Å². The second-order valence-electron chi connectivity index (χ2n) is 6.11. The maximum absolute atomic E-state index is 12.1. The molecule has 2 aromatic carbocycles. The highest BCUT2D eigenvalue weighted by Crippen LogP contribution is 2.27. The molecule has 0 spiro atoms. The molecule has 0 aliphatic carbocycles. The fourth-order valence-corrected chi connectivity index (χ4v) is 2.96. The zero-order chi connectivity index (χ0) is 18.5. The molecule has 0 aromatic heterocycles. The highest BCUT2D eigenvalue weighted by Gasteiger charge is 2.34. The van der Waals surface area contributed by atoms with Gasteiger partial charge in [0, 0.05) is 25.7 Å². The van der Waals surface area contributed by atoms with Gasteiger partial charge in [-0.1, -0.05) is 12.1 Å². The summed E-state index contributed by atoms with van der Waals surface area (Å²) in [6.45, 7) is 0.746. The van der Waals surface area contributed by atoms with Crippen molar-refractivity contribution in [3.05, 3.63) is 59.7 Å². The average Bonchev–Trinajstić information content (AvgIpc) is 3.08. The van der Waals surface area contributed by atoms with E-state index in [0.717, 1.165) is 11.3 Å². The number of rotatable bonds is 5. The lowest BCUT2D eigenvalue weighted by Gasteiger charge is -2.17. The minimum atomic E-state index is -0.309. The average molecular weight is 349 g/mol. The molecular formula is C20H19N3O3. The summed E-state index contributed by atoms with van der Waals surface area (Å²) >= 11 is 0. The number of ether oxygens (including phenoxy) is 1. The van der Waals surface area contributed by atoms with Crippen molar-refractivity contribution in [1.29, 1.82) is 5.26 Å². The molecule has 26 heavy (non-hydrogen) atoms. The molecule has 1 unspecified atom stereocenters. The molecule has 1 N–H and O–H groups in total. The summed E-state index contributed by atoms with van der Waals surface area (Å²) in [5, 5.41) is 11.5. The molecule has 0 bridgehead atoms. The van der Waals surface area contributed by atoms with E-state index >= 15 is 0 Å². The van der Waals surface area contributed by atoms with Gasteiger partial charge in [-0.2, -0.15) is 5.26 Å². The largest absolute Gasteiger partial charge is 0.489 e. The van der Waals surface area contributed by atoms with Crippen LogP contribution in [-0.2, 0) is 16.2 Å². The van der Waals surface area contributed by atoms with Gasteiger partial charge >= 0.3 is 0 Å². The van der Waals surface area contributed by atoms with Crippen LogP contribution in [0.2, 0.25) is 0 Å². The molecule has 1 saturated heterocycles. The molecule has 1 aliphatic heterocycles. The van der Waals surface area contributed by atoms with Gasteiger partial charge in [-0.25, -0.2) is 0 Å². The monoisotopic (exact) mass is 349 g/mol. The number of benzene rings is 2. The first-order chi connectivity index (χ1) is 12.6. The van der Waals surface area contributed by atoms with Crippen LogP contribution < -0.4 is 15.0 Å². The Morgan fingerprint density at radius 2 is 2.08 bits per heavy atom. The molecular weight excluding hydrogens is 330 g/mol. The number of hydrogen-bond acceptors (Lipinski definition) is 4. The Balaban J connectivity index is 1.62. The molecule has 0 saturated carbocycles. The van der Waals surface area contributed by atoms with E-state index in [1.807, 2.05) is 24.3 Å². The second kappa shape index (κ2) is 7.70. The van der Waals surface area contributed by atoms with Crippen LogP contribution in [0.25, 0.3) is 0 Å². The summed E-state index contributed by atoms with van der Waals surface area (Å²) in [6.07, 6.45) is 0.229. The van der Waals surface area contributed by atoms with E-state index in [1.165, 1.54) is 0 Å². The van der Waals surface area contributed by atoms with Crippen molar-refractivity contribution >= 4 is 17.5 Å². The molecule has 3 rings (SSSR count). The lowest BCUT2D eigenvalue weighted by Crippen LogP contribution is -2.30. The number of carbonyl (C=O) groups is 2. The Bertz CT molecular complexity index is 855. The van der Waals surface area contributed by atoms with Crippen molar-refractivity contribution in [2.75, 3.05) is 18.5 Å². The molecule has 132 valence electrons. The number of nitriles is 1. The first kappa shape index (κ1) is 17.5. The minimum Gasteiger partial charge on any atom is -0.489 e. The number of hydrogen-bond donors (Lipinski definition) is 1. The van der Waals surface area contributed by atoms with Crippen molar-refractivity contribution < 1.29 is 14.3 Å². The predicted octanol–water partition coefficient (Wildman–Crippen LogP) is 2.24. The maximum Gasteiger partial charge on any atom is 0.227 e. The first-order valence-electron chi connectivity index (χ1n) is 8.34. The fraction of sp³-hybridized carbons (Fsp3) is 0.250. The van der Waals surface area contributed by atoms with Gasteiger partial charge in [0.2, 0.25) is 11.8 Å². The molecule has 1 atom stereocenters. The highest BCUT2D eigenvalue weighted by molar-refractivity contribution is 6.00. The fourth-order valence-electron chi connectivity index (χ4n) is 2.96. The summed E-state index contributed by atoms with van der Waals surface area (Å²) in [7, 11) is 1.58. The van der Waals surface area contributed by atoms with Gasteiger partial charge < -0.3 is 15.0 Å². The normalized spacial score (nSPS) is 16.2. The van der Waals surface area contributed by atoms with E-state index in [9.17, 15) is 9.59 Å². The van der Waals surface area contributed by atoms with Crippen LogP contribution in [0, 0.1) is 17.2 Å². The van der Waals surface area contributed by atoms with E-state index < -0.39 is 0 Å². The van der Waals surface area contributed by atoms with Crippen molar-refractivity contribution in [2.45, 2.75) is 13.0 Å². The molecule has 1 aliphatic rings. The van der Waals surface area contributed by atoms with Crippen LogP contribution in [0.15, 0.2) is 48.5 Å². The topological polar surface area (TPSA) is 82.4 Å². The van der Waals surface area contributed by atoms with Crippen LogP contribution in [0.5, 0.6) is 5.75 Å². The summed E-state index contributed by atoms with van der Waals surface area (Å²) in [6, 6.07) is 16.6. The third kappa shape index (κ3) is 3.83. The van der Waals surface area contributed by atoms with Gasteiger partial charge in [-0.15, -0.1) is 0 Å². The van der Waals surface area contributed by atoms with E-state index in [1.54, 1.807) is 36.2 Å². The molecule has 1 fully saturated rings. The van der Waals surface area contributed by atoms with Gasteiger partial charge in [0.15, 0.2) is 0 Å². The summed E-state index contributed by atoms with van der Waals surface area (Å²) in [4.78, 5) is 25.5. The van der Waals surface area contributed by atoms with Gasteiger partial charge in [0.25, 0.3) is 0 Å². The van der Waals surface area contributed by atoms with Crippen molar-refractivity contribution in [3.8, 4) is 11.8 Å². The molecule has 6 nitrogen and oxygen atoms in total. The van der Waals surface area contributed by atoms with Crippen molar-refractivity contribution in [1.82, 2.24) is 5.32 Å². The smallest absolute Gasteiger partial charge is 0.227 e. The number of amides is 2. The summed E-state index contributed by atoms with van der Waals surface area (Å²) < 4.78 is 5.74. The molecule has 2 amide bonds. The lowest BCUT2D eigenvalue weighted by molar-refractivity contribution is -0.125. The van der Waals surface area contributed by atoms with Crippen LogP contribution in [0.1, 0.15) is 17.5 Å². The Morgan fingerprint density at radius 3 is 2.77 bits per heavy atom. The van der Waals surface area contributed by atoms with E-state index in [0.29, 0.717) is 24.5 Å². The van der Waals surface area contributed by atoms with Gasteiger partial charge in [0.1, 0.15) is 12.4 Å². The molecule has 1 heterocycles. The van der Waals surface area contributed by atoms with Crippen LogP contribution in [-0.4, -0.2) is 25.4 Å². The van der Waals surface area contributed by atoms with Crippen LogP contribution in [0.4, 0.5) is 5.69 Å². The van der Waals surface area contributed by atoms with Gasteiger partial charge in [-0.05, 0) is 42.0 Å². The minimum absolute atomic E-state index is 0.0550. The predicted molar refractivity (Wildman–Crippen MR) is 96.5 cm³/mol. The Kier molecular flexibility index (Phi) is 5.18. The standard InChI is InChI=1S/C20H19N3O3/c1-22-20(25)16-10-19(24)23(12-16)17-5-7-18(8-6-17)26-13-15-4-2-3-14(9-15)11-21/h2-9,16H,10,12-13H2,1H3,(H,22,25). The number of carbonyl (C=O) groups excluding carboxylic acids is 2. The molecule has 6 heteroatoms. The van der Waals surface area contributed by atoms with Crippen LogP contribution in [0.3, 0.4) is 0 Å². The van der Waals surface area contributed by atoms with E-state index in [2.05, 4.69) is 11.4 Å². The number of nitrogens with one attached hydrogen (secondary N) is 1. The van der Waals surface area contributed by atoms with E-state index in [4.69, 9.17) is 10.00 Å². The van der Waals surface area contributed by atoms with Crippen LogP contribution >= 0.6 is 0 Å². The first-order valence-corrected chi connectivity index (χ1v) is 8.34. The Morgan fingerprint density at radius 1 is 1.31 bits per heavy atom. The highest BCUT2D eigenvalue weighted by atomic mass is 16.5. The van der Waals surface area contributed by atoms with Crippen molar-refractivity contribution in [3.63, 3.8) is 0 Å². The quantitative estimate of drug-likeness (QED) is 0.897. The maximum atomic E-state index is 12.1. The third-order valence-corrected chi connectivity index (χ3v) is 4.35. The van der Waals surface area contributed by atoms with Gasteiger partial charge in [0.05, 0.1) is 17.6 Å². The summed E-state index contributed by atoms with van der Waals surface area (Å²) in [5.74, 6) is 0.197. The van der Waals surface area contributed by atoms with Gasteiger partial charge in [-0.3, -0.25) is 9.59 Å². The zero-order valence-electron chi connectivity index (χ0n) is 14.4. The summed E-state index contributed by atoms with van der Waals surface area (Å²) in [5.41, 5.74) is 2.26. The second-order valence-corrected chi connectivity index (χ2v) is 6.11. The van der Waals surface area contributed by atoms with Crippen molar-refractivity contribution in [2.24, 2.45) is 5.92 Å². The molecule has 0 radical (unpaired) electrons. The number of anilines is 1. The van der Waals surface area contributed by atoms with E-state index in [-0.39, 0.29) is 24.2 Å². The third-order valence-electron chi connectivity index (χ3n) is 4.35. The molecule has 2 aromatic rings.